The predicted octanol–water partition coefficient (Wildman–Crippen LogP) is 4.64. The highest BCUT2D eigenvalue weighted by atomic mass is 35.5. The van der Waals surface area contributed by atoms with Gasteiger partial charge in [0, 0.05) is 49.0 Å². The molecule has 1 fully saturated rings. The normalized spacial score (nSPS) is 21.7. The molecule has 2 aromatic rings. The molecule has 3 N–H and O–H groups in total. The van der Waals surface area contributed by atoms with Gasteiger partial charge in [0.25, 0.3) is 11.8 Å². The minimum absolute atomic E-state index is 0.0428. The zero-order valence-corrected chi connectivity index (χ0v) is 22.2. The summed E-state index contributed by atoms with van der Waals surface area (Å²) >= 11 is 6.58. The Labute approximate surface area is 225 Å². The van der Waals surface area contributed by atoms with Crippen molar-refractivity contribution in [3.8, 4) is 0 Å². The lowest BCUT2D eigenvalue weighted by molar-refractivity contribution is -0.122. The van der Waals surface area contributed by atoms with Gasteiger partial charge < -0.3 is 20.9 Å². The molecule has 1 saturated heterocycles. The quantitative estimate of drug-likeness (QED) is 0.518. The van der Waals surface area contributed by atoms with Gasteiger partial charge in [0.05, 0.1) is 22.8 Å². The lowest BCUT2D eigenvalue weighted by Gasteiger charge is -2.25. The summed E-state index contributed by atoms with van der Waals surface area (Å²) in [7, 11) is 0. The molecule has 0 spiro atoms. The fourth-order valence-corrected chi connectivity index (χ4v) is 5.20. The fraction of sp³-hybridized carbons (Fsp3) is 0.393. The lowest BCUT2D eigenvalue weighted by atomic mass is 9.87. The second-order valence-electron chi connectivity index (χ2n) is 10.2. The van der Waals surface area contributed by atoms with Crippen LogP contribution in [0.1, 0.15) is 49.0 Å². The van der Waals surface area contributed by atoms with Crippen LogP contribution in [0.25, 0.3) is 5.57 Å². The third kappa shape index (κ3) is 5.67. The maximum atomic E-state index is 15.3. The Bertz CT molecular complexity index is 1300. The molecule has 0 saturated carbocycles. The number of nitrogens with zero attached hydrogens (tertiary/aromatic N) is 2. The third-order valence-electron chi connectivity index (χ3n) is 7.45. The highest BCUT2D eigenvalue weighted by Gasteiger charge is 2.41. The van der Waals surface area contributed by atoms with Gasteiger partial charge in [0.15, 0.2) is 0 Å². The Morgan fingerprint density at radius 1 is 1.13 bits per heavy atom. The molecule has 7 nitrogen and oxygen atoms in total. The van der Waals surface area contributed by atoms with E-state index < -0.39 is 42.2 Å². The van der Waals surface area contributed by atoms with Crippen LogP contribution in [0.5, 0.6) is 0 Å². The second-order valence-corrected chi connectivity index (χ2v) is 10.6. The van der Waals surface area contributed by atoms with Gasteiger partial charge in [-0.2, -0.15) is 0 Å². The maximum Gasteiger partial charge on any atom is 0.275 e. The smallest absolute Gasteiger partial charge is 0.275 e. The molecule has 38 heavy (non-hydrogen) atoms. The van der Waals surface area contributed by atoms with E-state index in [1.54, 1.807) is 30.3 Å². The molecule has 0 aliphatic carbocycles. The molecule has 10 heteroatoms. The van der Waals surface area contributed by atoms with Crippen LogP contribution in [0.2, 0.25) is 5.02 Å². The van der Waals surface area contributed by atoms with Crippen LogP contribution in [0, 0.1) is 5.41 Å². The molecular formula is C28H31ClF2N4O3. The van der Waals surface area contributed by atoms with Crippen molar-refractivity contribution in [3.63, 3.8) is 0 Å². The number of para-hydroxylation sites is 1. The standard InChI is InChI=1S/C28H31ClF2N4O3/c1-3-27(2)10-12-34(17-27)18-8-9-20(22(29)14-18)26(38)35-13-11-28(30,31)21(15-25(37)33-16-24(32)36)19-6-4-5-7-23(19)35/h4-9,14-15H,3,10-13,16-17H2,1-2H3,(H2,32,36)(H,33,37)/b21-15-. The van der Waals surface area contributed by atoms with Crippen molar-refractivity contribution in [1.29, 1.82) is 0 Å². The first-order valence-corrected chi connectivity index (χ1v) is 12.9. The van der Waals surface area contributed by atoms with Crippen LogP contribution in [0.15, 0.2) is 48.5 Å². The van der Waals surface area contributed by atoms with E-state index in [1.165, 1.54) is 11.0 Å². The average molecular weight is 545 g/mol. The maximum absolute atomic E-state index is 15.3. The first-order valence-electron chi connectivity index (χ1n) is 12.6. The van der Waals surface area contributed by atoms with Gasteiger partial charge in [-0.15, -0.1) is 0 Å². The summed E-state index contributed by atoms with van der Waals surface area (Å²) in [5.41, 5.74) is 6.12. The van der Waals surface area contributed by atoms with Crippen molar-refractivity contribution in [2.24, 2.45) is 11.1 Å². The van der Waals surface area contributed by atoms with Crippen LogP contribution in [-0.4, -0.2) is 49.8 Å². The molecule has 2 aliphatic rings. The summed E-state index contributed by atoms with van der Waals surface area (Å²) in [6, 6.07) is 11.4. The molecule has 1 atom stereocenters. The second kappa shape index (κ2) is 10.7. The number of benzene rings is 2. The Kier molecular flexibility index (Phi) is 7.78. The number of carbonyl (C=O) groups excluding carboxylic acids is 3. The Morgan fingerprint density at radius 3 is 2.53 bits per heavy atom. The van der Waals surface area contributed by atoms with Crippen LogP contribution in [-0.2, 0) is 9.59 Å². The number of anilines is 2. The fourth-order valence-electron chi connectivity index (χ4n) is 4.94. The number of nitrogens with two attached hydrogens (primary N) is 1. The van der Waals surface area contributed by atoms with Crippen LogP contribution in [0.3, 0.4) is 0 Å². The molecule has 0 radical (unpaired) electrons. The van der Waals surface area contributed by atoms with E-state index in [0.29, 0.717) is 0 Å². The van der Waals surface area contributed by atoms with Crippen LogP contribution in [0.4, 0.5) is 20.2 Å². The van der Waals surface area contributed by atoms with E-state index in [0.717, 1.165) is 37.7 Å². The van der Waals surface area contributed by atoms with Crippen molar-refractivity contribution >= 4 is 46.3 Å². The van der Waals surface area contributed by atoms with E-state index in [2.05, 4.69) is 24.1 Å². The molecule has 202 valence electrons. The molecule has 0 aromatic heterocycles. The topological polar surface area (TPSA) is 95.7 Å². The van der Waals surface area contributed by atoms with Crippen molar-refractivity contribution < 1.29 is 23.2 Å². The summed E-state index contributed by atoms with van der Waals surface area (Å²) in [6.45, 7) is 5.44. The van der Waals surface area contributed by atoms with Crippen LogP contribution >= 0.6 is 11.6 Å². The van der Waals surface area contributed by atoms with E-state index in [9.17, 15) is 14.4 Å². The predicted molar refractivity (Wildman–Crippen MR) is 145 cm³/mol. The summed E-state index contributed by atoms with van der Waals surface area (Å²) < 4.78 is 30.6. The highest BCUT2D eigenvalue weighted by Crippen LogP contribution is 2.44. The number of rotatable bonds is 6. The summed E-state index contributed by atoms with van der Waals surface area (Å²) in [4.78, 5) is 40.4. The Morgan fingerprint density at radius 2 is 1.87 bits per heavy atom. The third-order valence-corrected chi connectivity index (χ3v) is 7.76. The Balaban J connectivity index is 1.66. The largest absolute Gasteiger partial charge is 0.371 e. The number of carbonyl (C=O) groups is 3. The van der Waals surface area contributed by atoms with Gasteiger partial charge in [-0.25, -0.2) is 8.78 Å². The first-order chi connectivity index (χ1) is 17.9. The molecule has 2 aromatic carbocycles. The number of alkyl halides is 2. The molecule has 4 rings (SSSR count). The summed E-state index contributed by atoms with van der Waals surface area (Å²) in [5.74, 6) is -5.60. The number of hydrogen-bond donors (Lipinski definition) is 2. The van der Waals surface area contributed by atoms with E-state index in [-0.39, 0.29) is 33.8 Å². The van der Waals surface area contributed by atoms with E-state index >= 15 is 8.78 Å². The number of hydrogen-bond acceptors (Lipinski definition) is 4. The number of halogens is 3. The first kappa shape index (κ1) is 27.6. The zero-order valence-electron chi connectivity index (χ0n) is 21.4. The summed E-state index contributed by atoms with van der Waals surface area (Å²) in [5, 5.41) is 2.44. The van der Waals surface area contributed by atoms with Crippen molar-refractivity contribution in [3.05, 3.63) is 64.7 Å². The molecular weight excluding hydrogens is 514 g/mol. The van der Waals surface area contributed by atoms with Crippen LogP contribution < -0.4 is 20.9 Å². The minimum atomic E-state index is -3.41. The number of primary amides is 1. The zero-order chi connectivity index (χ0) is 27.7. The Hall–Kier alpha value is -3.46. The van der Waals surface area contributed by atoms with Gasteiger partial charge in [-0.1, -0.05) is 43.6 Å². The summed E-state index contributed by atoms with van der Waals surface area (Å²) in [6.07, 6.45) is 2.19. The minimum Gasteiger partial charge on any atom is -0.371 e. The van der Waals surface area contributed by atoms with Crippen molar-refractivity contribution in [2.45, 2.75) is 39.0 Å². The molecule has 1 unspecified atom stereocenters. The monoisotopic (exact) mass is 544 g/mol. The lowest BCUT2D eigenvalue weighted by Crippen LogP contribution is -2.34. The highest BCUT2D eigenvalue weighted by molar-refractivity contribution is 6.35. The molecule has 2 aliphatic heterocycles. The molecule has 0 bridgehead atoms. The van der Waals surface area contributed by atoms with Gasteiger partial charge >= 0.3 is 0 Å². The van der Waals surface area contributed by atoms with E-state index in [1.807, 2.05) is 6.07 Å². The van der Waals surface area contributed by atoms with E-state index in [4.69, 9.17) is 17.3 Å². The van der Waals surface area contributed by atoms with Gasteiger partial charge in [0.1, 0.15) is 0 Å². The number of nitrogens with one attached hydrogen (secondary N) is 1. The number of amides is 3. The SMILES string of the molecule is CCC1(C)CCN(c2ccc(C(=O)N3CCC(F)(F)/C(=C\C(=O)NCC(N)=O)c4ccccc43)c(Cl)c2)C1. The van der Waals surface area contributed by atoms with Gasteiger partial charge in [-0.3, -0.25) is 14.4 Å². The average Bonchev–Trinajstić information content (AvgIpc) is 3.24. The number of fused-ring (bicyclic) bond motifs is 1. The molecule has 2 heterocycles. The van der Waals surface area contributed by atoms with Gasteiger partial charge in [0.2, 0.25) is 11.8 Å². The number of allylic oxidation sites excluding steroid dienone is 1. The molecule has 3 amide bonds. The van der Waals surface area contributed by atoms with Crippen molar-refractivity contribution in [2.75, 3.05) is 36.0 Å². The van der Waals surface area contributed by atoms with Gasteiger partial charge in [-0.05, 0) is 42.5 Å². The van der Waals surface area contributed by atoms with Crippen molar-refractivity contribution in [1.82, 2.24) is 5.32 Å².